The van der Waals surface area contributed by atoms with Gasteiger partial charge in [0.2, 0.25) is 5.82 Å². The van der Waals surface area contributed by atoms with Crippen molar-refractivity contribution in [2.45, 2.75) is 32.1 Å². The second kappa shape index (κ2) is 8.13. The molecule has 1 aliphatic heterocycles. The summed E-state index contributed by atoms with van der Waals surface area (Å²) in [6.07, 6.45) is 9.72. The molecule has 9 nitrogen and oxygen atoms in total. The third-order valence-electron chi connectivity index (χ3n) is 4.63. The quantitative estimate of drug-likeness (QED) is 0.571. The molecule has 0 spiro atoms. The molecular weight excluding hydrogens is 411 g/mol. The van der Waals surface area contributed by atoms with Crippen LogP contribution in [0, 0.1) is 5.53 Å². The van der Waals surface area contributed by atoms with Crippen LogP contribution in [-0.4, -0.2) is 41.5 Å². The van der Waals surface area contributed by atoms with Gasteiger partial charge < -0.3 is 9.88 Å². The van der Waals surface area contributed by atoms with Gasteiger partial charge in [0.25, 0.3) is 0 Å². The number of nitrogens with zero attached hydrogens (tertiary/aromatic N) is 7. The Bertz CT molecular complexity index is 1160. The van der Waals surface area contributed by atoms with E-state index in [0.29, 0.717) is 17.7 Å². The number of halogens is 3. The van der Waals surface area contributed by atoms with Crippen molar-refractivity contribution in [3.05, 3.63) is 54.5 Å². The van der Waals surface area contributed by atoms with E-state index in [9.17, 15) is 13.2 Å². The molecule has 3 aromatic heterocycles. The Morgan fingerprint density at radius 2 is 2.13 bits per heavy atom. The molecule has 0 aromatic carbocycles. The van der Waals surface area contributed by atoms with Gasteiger partial charge in [-0.1, -0.05) is 12.2 Å². The molecule has 0 bridgehead atoms. The molecule has 4 rings (SSSR count). The third-order valence-corrected chi connectivity index (χ3v) is 4.63. The second-order valence-corrected chi connectivity index (χ2v) is 6.93. The van der Waals surface area contributed by atoms with Gasteiger partial charge in [-0.25, -0.2) is 20.5 Å². The predicted octanol–water partition coefficient (Wildman–Crippen LogP) is 4.22. The SMILES string of the molecule is CC(Nc1nc(-c2cnn(CC(F)(F)F)c2)cnc1N=N)C1=Cn2ccnc2CC=C1. The second-order valence-electron chi connectivity index (χ2n) is 6.93. The monoisotopic (exact) mass is 429 g/mol. The van der Waals surface area contributed by atoms with Crippen LogP contribution in [0.25, 0.3) is 17.5 Å². The summed E-state index contributed by atoms with van der Waals surface area (Å²) in [5, 5.41) is 10.3. The zero-order chi connectivity index (χ0) is 22.0. The summed E-state index contributed by atoms with van der Waals surface area (Å²) in [6.45, 7) is 0.723. The van der Waals surface area contributed by atoms with Crippen LogP contribution in [-0.2, 0) is 13.0 Å². The fraction of sp³-hybridized carbons (Fsp3) is 0.263. The topological polar surface area (TPSA) is 110 Å². The van der Waals surface area contributed by atoms with Gasteiger partial charge in [0, 0.05) is 36.8 Å². The lowest BCUT2D eigenvalue weighted by Gasteiger charge is -2.17. The van der Waals surface area contributed by atoms with E-state index in [-0.39, 0.29) is 17.7 Å². The van der Waals surface area contributed by atoms with Crippen LogP contribution in [0.1, 0.15) is 12.7 Å². The lowest BCUT2D eigenvalue weighted by molar-refractivity contribution is -0.142. The van der Waals surface area contributed by atoms with E-state index in [1.807, 2.05) is 36.0 Å². The van der Waals surface area contributed by atoms with Crippen LogP contribution < -0.4 is 5.32 Å². The Kier molecular flexibility index (Phi) is 5.36. The zero-order valence-electron chi connectivity index (χ0n) is 16.4. The smallest absolute Gasteiger partial charge is 0.360 e. The van der Waals surface area contributed by atoms with Gasteiger partial charge >= 0.3 is 6.18 Å². The molecule has 1 aliphatic rings. The van der Waals surface area contributed by atoms with E-state index < -0.39 is 12.7 Å². The summed E-state index contributed by atoms with van der Waals surface area (Å²) < 4.78 is 40.5. The molecule has 0 radical (unpaired) electrons. The summed E-state index contributed by atoms with van der Waals surface area (Å²) in [4.78, 5) is 12.8. The molecule has 2 N–H and O–H groups in total. The highest BCUT2D eigenvalue weighted by atomic mass is 19.4. The lowest BCUT2D eigenvalue weighted by Crippen LogP contribution is -2.18. The van der Waals surface area contributed by atoms with E-state index in [4.69, 9.17) is 5.53 Å². The molecule has 1 unspecified atom stereocenters. The molecule has 4 heterocycles. The first-order valence-corrected chi connectivity index (χ1v) is 9.33. The van der Waals surface area contributed by atoms with Crippen molar-refractivity contribution in [2.24, 2.45) is 5.11 Å². The van der Waals surface area contributed by atoms with Crippen LogP contribution in [0.5, 0.6) is 0 Å². The standard InChI is InChI=1S/C19H18F3N9/c1-12(13-3-2-4-16-24-5-6-30(16)9-13)27-18-17(29-23)25-8-15(28-18)14-7-26-31(10-14)11-19(20,21)22/h2-3,5-10,12,23H,4,11H2,1H3,(H,27,28). The Morgan fingerprint density at radius 3 is 2.90 bits per heavy atom. The number of allylic oxidation sites excluding steroid dienone is 1. The van der Waals surface area contributed by atoms with E-state index in [2.05, 4.69) is 30.5 Å². The van der Waals surface area contributed by atoms with E-state index in [1.54, 1.807) is 6.20 Å². The normalized spacial score (nSPS) is 14.5. The highest BCUT2D eigenvalue weighted by molar-refractivity contribution is 5.65. The molecule has 3 aromatic rings. The summed E-state index contributed by atoms with van der Waals surface area (Å²) in [5.74, 6) is 1.23. The maximum atomic E-state index is 12.6. The molecule has 160 valence electrons. The average Bonchev–Trinajstić information content (AvgIpc) is 3.31. The summed E-state index contributed by atoms with van der Waals surface area (Å²) >= 11 is 0. The van der Waals surface area contributed by atoms with Crippen molar-refractivity contribution >= 4 is 17.8 Å². The Balaban J connectivity index is 1.59. The Morgan fingerprint density at radius 1 is 1.29 bits per heavy atom. The van der Waals surface area contributed by atoms with Gasteiger partial charge in [0.15, 0.2) is 5.82 Å². The number of hydrogen-bond acceptors (Lipinski definition) is 7. The van der Waals surface area contributed by atoms with Crippen molar-refractivity contribution < 1.29 is 13.2 Å². The molecule has 0 amide bonds. The minimum atomic E-state index is -4.37. The average molecular weight is 429 g/mol. The lowest BCUT2D eigenvalue weighted by atomic mass is 10.1. The highest BCUT2D eigenvalue weighted by Crippen LogP contribution is 2.27. The van der Waals surface area contributed by atoms with Crippen molar-refractivity contribution in [2.75, 3.05) is 5.32 Å². The minimum Gasteiger partial charge on any atom is -0.360 e. The number of nitrogens with one attached hydrogen (secondary N) is 2. The first kappa shape index (κ1) is 20.4. The number of rotatable bonds is 6. The molecule has 0 saturated heterocycles. The fourth-order valence-corrected chi connectivity index (χ4v) is 3.13. The molecule has 31 heavy (non-hydrogen) atoms. The molecular formula is C19H18F3N9. The number of fused-ring (bicyclic) bond motifs is 1. The summed E-state index contributed by atoms with van der Waals surface area (Å²) in [5.41, 5.74) is 9.00. The van der Waals surface area contributed by atoms with E-state index >= 15 is 0 Å². The van der Waals surface area contributed by atoms with Crippen molar-refractivity contribution in [3.63, 3.8) is 0 Å². The van der Waals surface area contributed by atoms with Crippen LogP contribution in [0.4, 0.5) is 24.8 Å². The minimum absolute atomic E-state index is 0.0693. The van der Waals surface area contributed by atoms with Gasteiger partial charge in [0.05, 0.1) is 24.1 Å². The van der Waals surface area contributed by atoms with E-state index in [1.165, 1.54) is 18.6 Å². The van der Waals surface area contributed by atoms with Crippen molar-refractivity contribution in [3.8, 4) is 11.3 Å². The third kappa shape index (κ3) is 4.68. The number of hydrogen-bond donors (Lipinski definition) is 2. The van der Waals surface area contributed by atoms with Crippen LogP contribution in [0.3, 0.4) is 0 Å². The number of anilines is 1. The van der Waals surface area contributed by atoms with Crippen molar-refractivity contribution in [1.29, 1.82) is 5.53 Å². The van der Waals surface area contributed by atoms with Crippen LogP contribution in [0.15, 0.2) is 53.8 Å². The van der Waals surface area contributed by atoms with Gasteiger partial charge in [-0.2, -0.15) is 18.3 Å². The maximum absolute atomic E-state index is 12.6. The van der Waals surface area contributed by atoms with Crippen LogP contribution >= 0.6 is 0 Å². The molecule has 0 aliphatic carbocycles. The first-order valence-electron chi connectivity index (χ1n) is 9.33. The summed E-state index contributed by atoms with van der Waals surface area (Å²) in [6, 6.07) is -0.220. The molecule has 12 heteroatoms. The fourth-order valence-electron chi connectivity index (χ4n) is 3.13. The van der Waals surface area contributed by atoms with Crippen LogP contribution in [0.2, 0.25) is 0 Å². The largest absolute Gasteiger partial charge is 0.408 e. The maximum Gasteiger partial charge on any atom is 0.408 e. The molecule has 0 saturated carbocycles. The van der Waals surface area contributed by atoms with Gasteiger partial charge in [0.1, 0.15) is 12.4 Å². The Hall–Kier alpha value is -3.83. The number of aromatic nitrogens is 6. The van der Waals surface area contributed by atoms with Crippen molar-refractivity contribution in [1.82, 2.24) is 29.3 Å². The van der Waals surface area contributed by atoms with Gasteiger partial charge in [-0.3, -0.25) is 4.68 Å². The number of alkyl halides is 3. The molecule has 1 atom stereocenters. The van der Waals surface area contributed by atoms with E-state index in [0.717, 1.165) is 16.1 Å². The van der Waals surface area contributed by atoms with Gasteiger partial charge in [-0.05, 0) is 12.5 Å². The number of imidazole rings is 1. The summed E-state index contributed by atoms with van der Waals surface area (Å²) in [7, 11) is 0. The first-order chi connectivity index (χ1) is 14.8. The predicted molar refractivity (Wildman–Crippen MR) is 107 cm³/mol. The Labute approximate surface area is 174 Å². The molecule has 0 fully saturated rings. The zero-order valence-corrected chi connectivity index (χ0v) is 16.4. The highest BCUT2D eigenvalue weighted by Gasteiger charge is 2.28. The van der Waals surface area contributed by atoms with Gasteiger partial charge in [-0.15, -0.1) is 5.11 Å².